The van der Waals surface area contributed by atoms with Gasteiger partial charge in [-0.15, -0.1) is 0 Å². The van der Waals surface area contributed by atoms with Crippen LogP contribution in [-0.4, -0.2) is 36.6 Å². The fraction of sp³-hybridized carbons (Fsp3) is 0.208. The molecule has 1 N–H and O–H groups in total. The SMILES string of the molecule is O=C(Nc1nc(-c2ccco2)c(-c2ccco2)s1)[C@@H]1CC(=O)N(c2ccc3c(c2)OCCO3)C1. The van der Waals surface area contributed by atoms with Gasteiger partial charge in [-0.2, -0.15) is 0 Å². The molecule has 34 heavy (non-hydrogen) atoms. The topological polar surface area (TPSA) is 107 Å². The maximum atomic E-state index is 13.0. The van der Waals surface area contributed by atoms with Crippen molar-refractivity contribution in [2.24, 2.45) is 5.92 Å². The highest BCUT2D eigenvalue weighted by atomic mass is 32.1. The summed E-state index contributed by atoms with van der Waals surface area (Å²) in [6.07, 6.45) is 3.26. The molecule has 3 aromatic heterocycles. The summed E-state index contributed by atoms with van der Waals surface area (Å²) in [5.41, 5.74) is 1.26. The van der Waals surface area contributed by atoms with Crippen molar-refractivity contribution < 1.29 is 27.9 Å². The molecule has 172 valence electrons. The molecule has 2 aliphatic rings. The number of ether oxygens (including phenoxy) is 2. The number of fused-ring (bicyclic) bond motifs is 1. The van der Waals surface area contributed by atoms with Gasteiger partial charge >= 0.3 is 0 Å². The Hall–Kier alpha value is -4.05. The average Bonchev–Trinajstić information content (AvgIpc) is 3.65. The Morgan fingerprint density at radius 1 is 1.03 bits per heavy atom. The first-order valence-electron chi connectivity index (χ1n) is 10.7. The van der Waals surface area contributed by atoms with Crippen molar-refractivity contribution >= 4 is 34.0 Å². The minimum Gasteiger partial charge on any atom is -0.486 e. The molecule has 1 aromatic carbocycles. The zero-order valence-electron chi connectivity index (χ0n) is 17.9. The fourth-order valence-corrected chi connectivity index (χ4v) is 5.01. The van der Waals surface area contributed by atoms with Gasteiger partial charge in [-0.05, 0) is 36.4 Å². The molecule has 2 aliphatic heterocycles. The maximum Gasteiger partial charge on any atom is 0.231 e. The van der Waals surface area contributed by atoms with E-state index in [0.29, 0.717) is 52.7 Å². The molecule has 6 rings (SSSR count). The lowest BCUT2D eigenvalue weighted by Gasteiger charge is -2.22. The zero-order chi connectivity index (χ0) is 23.1. The van der Waals surface area contributed by atoms with E-state index in [1.54, 1.807) is 53.8 Å². The molecule has 10 heteroatoms. The standard InChI is InChI=1S/C24H19N3O6S/c28-20-11-14(13-27(20)15-5-6-16-19(12-15)33-10-9-32-16)23(29)26-24-25-21(17-3-1-7-30-17)22(34-24)18-4-2-8-31-18/h1-8,12,14H,9-11,13H2,(H,25,26,29)/t14-/m1/s1. The summed E-state index contributed by atoms with van der Waals surface area (Å²) < 4.78 is 22.2. The number of hydrogen-bond acceptors (Lipinski definition) is 8. The molecule has 2 amide bonds. The second kappa shape index (κ2) is 8.38. The van der Waals surface area contributed by atoms with E-state index >= 15 is 0 Å². The smallest absolute Gasteiger partial charge is 0.231 e. The monoisotopic (exact) mass is 477 g/mol. The van der Waals surface area contributed by atoms with Crippen LogP contribution in [0.1, 0.15) is 6.42 Å². The number of carbonyl (C=O) groups excluding carboxylic acids is 2. The van der Waals surface area contributed by atoms with E-state index in [2.05, 4.69) is 10.3 Å². The molecule has 5 heterocycles. The minimum absolute atomic E-state index is 0.113. The van der Waals surface area contributed by atoms with E-state index in [1.165, 1.54) is 11.3 Å². The largest absolute Gasteiger partial charge is 0.486 e. The molecule has 0 radical (unpaired) electrons. The van der Waals surface area contributed by atoms with Crippen molar-refractivity contribution in [3.8, 4) is 33.6 Å². The normalized spacial score (nSPS) is 17.2. The number of carbonyl (C=O) groups is 2. The molecule has 1 fully saturated rings. The molecule has 1 atom stereocenters. The summed E-state index contributed by atoms with van der Waals surface area (Å²) >= 11 is 1.29. The lowest BCUT2D eigenvalue weighted by atomic mass is 10.1. The Balaban J connectivity index is 1.21. The van der Waals surface area contributed by atoms with Gasteiger partial charge in [-0.3, -0.25) is 9.59 Å². The number of nitrogens with one attached hydrogen (secondary N) is 1. The zero-order valence-corrected chi connectivity index (χ0v) is 18.7. The van der Waals surface area contributed by atoms with Crippen LogP contribution in [0.4, 0.5) is 10.8 Å². The molecule has 0 aliphatic carbocycles. The van der Waals surface area contributed by atoms with Crippen LogP contribution in [0.3, 0.4) is 0 Å². The summed E-state index contributed by atoms with van der Waals surface area (Å²) in [5.74, 6) is 1.56. The fourth-order valence-electron chi connectivity index (χ4n) is 4.07. The summed E-state index contributed by atoms with van der Waals surface area (Å²) in [7, 11) is 0. The highest BCUT2D eigenvalue weighted by molar-refractivity contribution is 7.19. The van der Waals surface area contributed by atoms with Crippen molar-refractivity contribution in [1.82, 2.24) is 4.98 Å². The number of anilines is 2. The maximum absolute atomic E-state index is 13.0. The molecule has 0 bridgehead atoms. The van der Waals surface area contributed by atoms with E-state index in [0.717, 1.165) is 4.88 Å². The van der Waals surface area contributed by atoms with Gasteiger partial charge in [0.15, 0.2) is 22.4 Å². The summed E-state index contributed by atoms with van der Waals surface area (Å²) in [5, 5.41) is 3.28. The van der Waals surface area contributed by atoms with Crippen molar-refractivity contribution in [1.29, 1.82) is 0 Å². The van der Waals surface area contributed by atoms with Gasteiger partial charge in [0.1, 0.15) is 29.5 Å². The van der Waals surface area contributed by atoms with Crippen LogP contribution < -0.4 is 19.7 Å². The molecule has 0 saturated carbocycles. The quantitative estimate of drug-likeness (QED) is 0.453. The van der Waals surface area contributed by atoms with E-state index in [1.807, 2.05) is 6.07 Å². The van der Waals surface area contributed by atoms with Crippen molar-refractivity contribution in [2.45, 2.75) is 6.42 Å². The van der Waals surface area contributed by atoms with E-state index in [9.17, 15) is 9.59 Å². The summed E-state index contributed by atoms with van der Waals surface area (Å²) in [6, 6.07) is 12.6. The van der Waals surface area contributed by atoms with Crippen LogP contribution in [0.15, 0.2) is 63.8 Å². The molecular formula is C24H19N3O6S. The number of benzene rings is 1. The van der Waals surface area contributed by atoms with Crippen LogP contribution in [0.5, 0.6) is 11.5 Å². The van der Waals surface area contributed by atoms with Crippen LogP contribution in [0, 0.1) is 5.92 Å². The number of amides is 2. The van der Waals surface area contributed by atoms with Crippen LogP contribution >= 0.6 is 11.3 Å². The van der Waals surface area contributed by atoms with Crippen LogP contribution in [0.2, 0.25) is 0 Å². The van der Waals surface area contributed by atoms with Gasteiger partial charge in [0.25, 0.3) is 0 Å². The Labute approximate surface area is 197 Å². The molecule has 9 nitrogen and oxygen atoms in total. The molecule has 1 saturated heterocycles. The highest BCUT2D eigenvalue weighted by Crippen LogP contribution is 2.40. The van der Waals surface area contributed by atoms with Crippen LogP contribution in [0.25, 0.3) is 22.1 Å². The van der Waals surface area contributed by atoms with Gasteiger partial charge in [-0.25, -0.2) is 4.98 Å². The highest BCUT2D eigenvalue weighted by Gasteiger charge is 2.36. The van der Waals surface area contributed by atoms with Crippen LogP contribution in [-0.2, 0) is 9.59 Å². The van der Waals surface area contributed by atoms with Gasteiger partial charge in [0, 0.05) is 24.7 Å². The third-order valence-corrected chi connectivity index (χ3v) is 6.68. The van der Waals surface area contributed by atoms with Gasteiger partial charge in [0.05, 0.1) is 18.4 Å². The predicted molar refractivity (Wildman–Crippen MR) is 124 cm³/mol. The second-order valence-corrected chi connectivity index (χ2v) is 8.87. The third kappa shape index (κ3) is 3.71. The predicted octanol–water partition coefficient (Wildman–Crippen LogP) is 4.43. The number of nitrogens with zero attached hydrogens (tertiary/aromatic N) is 2. The van der Waals surface area contributed by atoms with Crippen molar-refractivity contribution in [3.63, 3.8) is 0 Å². The molecule has 0 unspecified atom stereocenters. The van der Waals surface area contributed by atoms with Gasteiger partial charge < -0.3 is 28.5 Å². The number of thiazole rings is 1. The molecular weight excluding hydrogens is 458 g/mol. The molecule has 4 aromatic rings. The van der Waals surface area contributed by atoms with Gasteiger partial charge in [-0.1, -0.05) is 11.3 Å². The number of rotatable bonds is 5. The van der Waals surface area contributed by atoms with Gasteiger partial charge in [0.2, 0.25) is 11.8 Å². The average molecular weight is 477 g/mol. The van der Waals surface area contributed by atoms with E-state index in [-0.39, 0.29) is 24.8 Å². The number of furan rings is 2. The van der Waals surface area contributed by atoms with E-state index < -0.39 is 5.92 Å². The number of aromatic nitrogens is 1. The number of hydrogen-bond donors (Lipinski definition) is 1. The Morgan fingerprint density at radius 2 is 1.79 bits per heavy atom. The Morgan fingerprint density at radius 3 is 2.56 bits per heavy atom. The first kappa shape index (κ1) is 20.5. The summed E-state index contributed by atoms with van der Waals surface area (Å²) in [6.45, 7) is 1.23. The Bertz CT molecular complexity index is 1290. The second-order valence-electron chi connectivity index (χ2n) is 7.87. The summed E-state index contributed by atoms with van der Waals surface area (Å²) in [4.78, 5) is 32.7. The first-order chi connectivity index (χ1) is 16.7. The lowest BCUT2D eigenvalue weighted by molar-refractivity contribution is -0.122. The molecule has 0 spiro atoms. The Kier molecular flexibility index (Phi) is 5.06. The third-order valence-electron chi connectivity index (χ3n) is 5.69. The first-order valence-corrected chi connectivity index (χ1v) is 11.6. The van der Waals surface area contributed by atoms with Crippen molar-refractivity contribution in [2.75, 3.05) is 30.0 Å². The van der Waals surface area contributed by atoms with E-state index in [4.69, 9.17) is 18.3 Å². The van der Waals surface area contributed by atoms with Crippen molar-refractivity contribution in [3.05, 3.63) is 55.0 Å². The minimum atomic E-state index is -0.510. The lowest BCUT2D eigenvalue weighted by Crippen LogP contribution is -2.28.